The maximum Gasteiger partial charge on any atom is 0.333 e. The molecule has 1 fully saturated rings. The third-order valence-electron chi connectivity index (χ3n) is 12.6. The Hall–Kier alpha value is -4.54. The minimum Gasteiger partial charge on any atom is -0.493 e. The smallest absolute Gasteiger partial charge is 0.333 e. The van der Waals surface area contributed by atoms with Crippen LogP contribution in [0.2, 0.25) is 0 Å². The quantitative estimate of drug-likeness (QED) is 0.0214. The van der Waals surface area contributed by atoms with Crippen molar-refractivity contribution in [2.75, 3.05) is 39.6 Å². The average Bonchev–Trinajstić information content (AvgIpc) is 3.30. The number of hydrogen-bond donors (Lipinski definition) is 3. The first-order valence-electron chi connectivity index (χ1n) is 23.6. The second-order valence-electron chi connectivity index (χ2n) is 18.2. The Morgan fingerprint density at radius 3 is 1.80 bits per heavy atom. The van der Waals surface area contributed by atoms with Crippen LogP contribution in [-0.2, 0) is 43.1 Å². The third-order valence-corrected chi connectivity index (χ3v) is 12.6. The molecule has 1 saturated carbocycles. The van der Waals surface area contributed by atoms with Crippen LogP contribution in [0.3, 0.4) is 0 Å². The van der Waals surface area contributed by atoms with Gasteiger partial charge in [0, 0.05) is 24.4 Å². The second-order valence-corrected chi connectivity index (χ2v) is 18.2. The van der Waals surface area contributed by atoms with Crippen LogP contribution in [0.15, 0.2) is 91.1 Å². The predicted octanol–water partition coefficient (Wildman–Crippen LogP) is 11.2. The molecule has 9 nitrogen and oxygen atoms in total. The van der Waals surface area contributed by atoms with Gasteiger partial charge < -0.3 is 34.3 Å². The number of aliphatic hydroxyl groups excluding tert-OH is 3. The lowest BCUT2D eigenvalue weighted by Crippen LogP contribution is -2.41. The molecule has 64 heavy (non-hydrogen) atoms. The van der Waals surface area contributed by atoms with Crippen LogP contribution in [0.5, 0.6) is 5.75 Å². The van der Waals surface area contributed by atoms with E-state index in [4.69, 9.17) is 18.9 Å². The number of carbonyl (C=O) groups is 2. The van der Waals surface area contributed by atoms with E-state index < -0.39 is 23.6 Å². The van der Waals surface area contributed by atoms with Gasteiger partial charge >= 0.3 is 11.9 Å². The van der Waals surface area contributed by atoms with E-state index in [-0.39, 0.29) is 57.2 Å². The number of aryl methyl sites for hydroxylation is 3. The van der Waals surface area contributed by atoms with Crippen molar-refractivity contribution in [3.05, 3.63) is 113 Å². The molecular formula is C55H76O9. The first-order chi connectivity index (χ1) is 30.7. The molecule has 1 aliphatic rings. The molecule has 0 aliphatic heterocycles. The van der Waals surface area contributed by atoms with E-state index in [1.165, 1.54) is 87.5 Å². The van der Waals surface area contributed by atoms with Gasteiger partial charge in [0.05, 0.1) is 18.6 Å². The topological polar surface area (TPSA) is 132 Å². The summed E-state index contributed by atoms with van der Waals surface area (Å²) in [5.74, 6) is 0.948. The van der Waals surface area contributed by atoms with Gasteiger partial charge in [-0.1, -0.05) is 102 Å². The molecule has 3 aromatic rings. The van der Waals surface area contributed by atoms with Crippen LogP contribution in [-0.4, -0.2) is 73.2 Å². The van der Waals surface area contributed by atoms with Gasteiger partial charge in [0.1, 0.15) is 19.0 Å². The number of hydrogen-bond acceptors (Lipinski definition) is 9. The fraction of sp³-hybridized carbons (Fsp3) is 0.527. The van der Waals surface area contributed by atoms with Crippen molar-refractivity contribution in [1.29, 1.82) is 0 Å². The molecule has 0 aromatic heterocycles. The fourth-order valence-electron chi connectivity index (χ4n) is 8.56. The SMILES string of the molecule is C=C(C)C(=O)OCC(CCOc1c(CCCO)cc(-c2ccc(-c3ccc(C4CCC(CCCCC)CC4)cc3)cc2CC)cc1CCCO)(COC(=O)C(=C)C)COC(O)C(=C)C. The predicted molar refractivity (Wildman–Crippen MR) is 257 cm³/mol. The van der Waals surface area contributed by atoms with Gasteiger partial charge in [0.25, 0.3) is 0 Å². The Bertz CT molecular complexity index is 1930. The van der Waals surface area contributed by atoms with E-state index in [2.05, 4.69) is 88.2 Å². The van der Waals surface area contributed by atoms with E-state index >= 15 is 0 Å². The first-order valence-corrected chi connectivity index (χ1v) is 23.6. The lowest BCUT2D eigenvalue weighted by Gasteiger charge is -2.33. The van der Waals surface area contributed by atoms with Crippen molar-refractivity contribution >= 4 is 11.9 Å². The Morgan fingerprint density at radius 2 is 1.28 bits per heavy atom. The van der Waals surface area contributed by atoms with Crippen LogP contribution < -0.4 is 4.74 Å². The summed E-state index contributed by atoms with van der Waals surface area (Å²) >= 11 is 0. The van der Waals surface area contributed by atoms with Gasteiger partial charge in [0.2, 0.25) is 0 Å². The van der Waals surface area contributed by atoms with Gasteiger partial charge in [-0.3, -0.25) is 0 Å². The molecule has 350 valence electrons. The highest BCUT2D eigenvalue weighted by molar-refractivity contribution is 5.87. The maximum atomic E-state index is 12.6. The molecule has 3 N–H and O–H groups in total. The summed E-state index contributed by atoms with van der Waals surface area (Å²) in [4.78, 5) is 25.3. The summed E-state index contributed by atoms with van der Waals surface area (Å²) in [7, 11) is 0. The zero-order valence-electron chi connectivity index (χ0n) is 39.5. The number of benzene rings is 3. The molecule has 0 spiro atoms. The zero-order chi connectivity index (χ0) is 46.6. The third kappa shape index (κ3) is 15.6. The first kappa shape index (κ1) is 52.1. The van der Waals surface area contributed by atoms with E-state index in [1.807, 2.05) is 0 Å². The van der Waals surface area contributed by atoms with Crippen molar-refractivity contribution in [1.82, 2.24) is 0 Å². The highest BCUT2D eigenvalue weighted by atomic mass is 16.6. The highest BCUT2D eigenvalue weighted by Gasteiger charge is 2.36. The van der Waals surface area contributed by atoms with Crippen LogP contribution in [0.4, 0.5) is 0 Å². The Kier molecular flexibility index (Phi) is 21.5. The summed E-state index contributed by atoms with van der Waals surface area (Å²) in [6.45, 7) is 19.8. The summed E-state index contributed by atoms with van der Waals surface area (Å²) in [5.41, 5.74) is 8.66. The molecule has 0 saturated heterocycles. The van der Waals surface area contributed by atoms with Gasteiger partial charge in [-0.2, -0.15) is 0 Å². The molecule has 0 amide bonds. The van der Waals surface area contributed by atoms with Crippen LogP contribution >= 0.6 is 0 Å². The van der Waals surface area contributed by atoms with Gasteiger partial charge in [-0.05, 0) is 159 Å². The lowest BCUT2D eigenvalue weighted by molar-refractivity contribution is -0.162. The maximum absolute atomic E-state index is 12.6. The highest BCUT2D eigenvalue weighted by Crippen LogP contribution is 2.40. The molecule has 0 bridgehead atoms. The zero-order valence-corrected chi connectivity index (χ0v) is 39.5. The monoisotopic (exact) mass is 881 g/mol. The molecular weight excluding hydrogens is 805 g/mol. The Balaban J connectivity index is 1.63. The van der Waals surface area contributed by atoms with Crippen LogP contribution in [0.25, 0.3) is 22.3 Å². The summed E-state index contributed by atoms with van der Waals surface area (Å²) in [6, 6.07) is 20.2. The summed E-state index contributed by atoms with van der Waals surface area (Å²) in [5, 5.41) is 30.5. The molecule has 3 aromatic carbocycles. The van der Waals surface area contributed by atoms with Gasteiger partial charge in [-0.15, -0.1) is 0 Å². The van der Waals surface area contributed by atoms with Gasteiger partial charge in [-0.25, -0.2) is 9.59 Å². The van der Waals surface area contributed by atoms with Crippen LogP contribution in [0.1, 0.15) is 133 Å². The van der Waals surface area contributed by atoms with E-state index in [1.54, 1.807) is 6.92 Å². The van der Waals surface area contributed by atoms with Gasteiger partial charge in [0.15, 0.2) is 6.29 Å². The minimum atomic E-state index is -1.31. The standard InChI is InChI=1S/C55H76O9/c1-9-11-12-15-41-18-20-43(21-19-41)44-22-24-45(25-23-44)46-26-27-50(42(10-2)32-46)49-33-47(16-13-29-56)51(48(34-49)17-14-30-57)61-31-28-55(35-62-52(58)38(3)4,36-63-53(59)39(5)6)37-64-54(60)40(7)8/h22-27,32-34,41,43,52,56-58H,3,5,7,9-21,28-31,35-37H2,1-2,4,6,8H3. The van der Waals surface area contributed by atoms with Crippen molar-refractivity contribution in [2.24, 2.45) is 11.3 Å². The number of carbonyl (C=O) groups excluding carboxylic acids is 2. The number of esters is 2. The van der Waals surface area contributed by atoms with E-state index in [0.29, 0.717) is 42.9 Å². The number of unbranched alkanes of at least 4 members (excludes halogenated alkanes) is 2. The summed E-state index contributed by atoms with van der Waals surface area (Å²) < 4.78 is 23.7. The molecule has 0 radical (unpaired) electrons. The molecule has 1 aliphatic carbocycles. The minimum absolute atomic E-state index is 0.00266. The lowest BCUT2D eigenvalue weighted by atomic mass is 9.77. The molecule has 9 heteroatoms. The largest absolute Gasteiger partial charge is 0.493 e. The van der Waals surface area contributed by atoms with Crippen molar-refractivity contribution in [3.63, 3.8) is 0 Å². The normalized spacial score (nSPS) is 15.6. The van der Waals surface area contributed by atoms with Crippen molar-refractivity contribution < 1.29 is 43.9 Å². The average molecular weight is 881 g/mol. The number of ether oxygens (including phenoxy) is 4. The second kappa shape index (κ2) is 26.4. The Morgan fingerprint density at radius 1 is 0.719 bits per heavy atom. The van der Waals surface area contributed by atoms with E-state index in [0.717, 1.165) is 34.6 Å². The van der Waals surface area contributed by atoms with Crippen molar-refractivity contribution in [3.8, 4) is 28.0 Å². The number of rotatable bonds is 28. The van der Waals surface area contributed by atoms with E-state index in [9.17, 15) is 24.9 Å². The van der Waals surface area contributed by atoms with Crippen LogP contribution in [0, 0.1) is 11.3 Å². The van der Waals surface area contributed by atoms with Crippen molar-refractivity contribution in [2.45, 2.75) is 137 Å². The molecule has 1 atom stereocenters. The molecule has 1 unspecified atom stereocenters. The fourth-order valence-corrected chi connectivity index (χ4v) is 8.56. The molecule has 0 heterocycles. The summed E-state index contributed by atoms with van der Waals surface area (Å²) in [6.07, 6.45) is 12.5. The number of aliphatic hydroxyl groups is 3. The Labute approximate surface area is 383 Å². The molecule has 4 rings (SSSR count).